The van der Waals surface area contributed by atoms with Crippen molar-refractivity contribution in [2.75, 3.05) is 0 Å². The van der Waals surface area contributed by atoms with Crippen LogP contribution in [-0.2, 0) is 52.5 Å². The number of ether oxygens (including phenoxy) is 4. The zero-order valence-corrected chi connectivity index (χ0v) is 42.8. The van der Waals surface area contributed by atoms with E-state index >= 15 is 0 Å². The SMILES string of the molecule is CC(=O)OC(C)=O.O=C(O)/C=C/C(=O)c1ccccc1.O=C1CC=C(c2ccccc2)O1.O=C1N=C(c2ccccc2)C=C1c1cc(-c2ccccc2)[nH]c1O.O=C1OC(c2ccccc2)=C/C1=C1/C=C(c2ccccc2)OC1=O. The summed E-state index contributed by atoms with van der Waals surface area (Å²) in [4.78, 5) is 95.3. The first-order valence-electron chi connectivity index (χ1n) is 24.4. The number of rotatable bonds is 9. The van der Waals surface area contributed by atoms with E-state index in [9.17, 15) is 43.5 Å². The molecule has 0 radical (unpaired) electrons. The van der Waals surface area contributed by atoms with Crippen LogP contribution in [0.4, 0.5) is 0 Å². The van der Waals surface area contributed by atoms with E-state index in [1.54, 1.807) is 60.7 Å². The number of allylic oxidation sites excluding steroid dienone is 2. The Balaban J connectivity index is 0.000000154. The van der Waals surface area contributed by atoms with Crippen LogP contribution in [0.2, 0.25) is 0 Å². The number of carbonyl (C=O) groups excluding carboxylic acids is 7. The van der Waals surface area contributed by atoms with Crippen molar-refractivity contribution < 1.29 is 67.5 Å². The molecule has 0 fully saturated rings. The second kappa shape index (κ2) is 27.6. The average molecular weight is 1070 g/mol. The van der Waals surface area contributed by atoms with Crippen molar-refractivity contribution in [2.24, 2.45) is 4.99 Å². The second-order valence-electron chi connectivity index (χ2n) is 17.0. The molecule has 398 valence electrons. The van der Waals surface area contributed by atoms with Gasteiger partial charge in [0.15, 0.2) is 11.7 Å². The van der Waals surface area contributed by atoms with Crippen molar-refractivity contribution >= 4 is 76.1 Å². The fourth-order valence-corrected chi connectivity index (χ4v) is 7.59. The summed E-state index contributed by atoms with van der Waals surface area (Å²) in [6.45, 7) is 2.36. The fraction of sp³-hybridized carbons (Fsp3) is 0.0469. The number of cyclic esters (lactones) is 3. The summed E-state index contributed by atoms with van der Waals surface area (Å²) in [6.07, 6.45) is 8.95. The van der Waals surface area contributed by atoms with Gasteiger partial charge in [-0.05, 0) is 42.0 Å². The predicted molar refractivity (Wildman–Crippen MR) is 297 cm³/mol. The van der Waals surface area contributed by atoms with Crippen LogP contribution in [0.3, 0.4) is 0 Å². The molecule has 0 aliphatic carbocycles. The lowest BCUT2D eigenvalue weighted by atomic mass is 10.0. The maximum absolute atomic E-state index is 12.3. The molecule has 0 unspecified atom stereocenters. The Morgan fingerprint density at radius 1 is 0.537 bits per heavy atom. The summed E-state index contributed by atoms with van der Waals surface area (Å²) in [5.41, 5.74) is 7.47. The monoisotopic (exact) mass is 1070 g/mol. The van der Waals surface area contributed by atoms with Crippen LogP contribution in [-0.4, -0.2) is 68.4 Å². The molecule has 80 heavy (non-hydrogen) atoms. The molecular weight excluding hydrogens is 1020 g/mol. The van der Waals surface area contributed by atoms with Crippen molar-refractivity contribution in [1.29, 1.82) is 0 Å². The number of esters is 5. The highest BCUT2D eigenvalue weighted by Gasteiger charge is 2.32. The minimum atomic E-state index is -1.12. The number of carbonyl (C=O) groups is 8. The first-order valence-corrected chi connectivity index (χ1v) is 24.4. The topological polar surface area (TPSA) is 242 Å². The molecule has 7 aromatic rings. The minimum absolute atomic E-state index is 0.0297. The third kappa shape index (κ3) is 16.0. The molecule has 0 saturated carbocycles. The van der Waals surface area contributed by atoms with Crippen LogP contribution in [0, 0.1) is 0 Å². The van der Waals surface area contributed by atoms with Crippen LogP contribution in [0.5, 0.6) is 5.88 Å². The Labute approximate surface area is 458 Å². The van der Waals surface area contributed by atoms with Gasteiger partial charge < -0.3 is 34.1 Å². The molecule has 0 bridgehead atoms. The number of carboxylic acids is 1. The van der Waals surface area contributed by atoms with Gasteiger partial charge >= 0.3 is 35.8 Å². The lowest BCUT2D eigenvalue weighted by molar-refractivity contribution is -0.156. The highest BCUT2D eigenvalue weighted by molar-refractivity contribution is 6.36. The van der Waals surface area contributed by atoms with Gasteiger partial charge in [-0.15, -0.1) is 0 Å². The van der Waals surface area contributed by atoms with Gasteiger partial charge in [0, 0.05) is 59.0 Å². The molecular formula is C64H48N2O14. The number of benzene rings is 6. The van der Waals surface area contributed by atoms with Crippen LogP contribution >= 0.6 is 0 Å². The molecule has 16 nitrogen and oxygen atoms in total. The summed E-state index contributed by atoms with van der Waals surface area (Å²) < 4.78 is 19.5. The Bertz CT molecular complexity index is 3580. The largest absolute Gasteiger partial charge is 0.494 e. The van der Waals surface area contributed by atoms with Gasteiger partial charge in [-0.1, -0.05) is 182 Å². The number of aliphatic carboxylic acids is 1. The van der Waals surface area contributed by atoms with Gasteiger partial charge in [0.2, 0.25) is 0 Å². The number of nitrogens with zero attached hydrogens (tertiary/aromatic N) is 1. The zero-order valence-electron chi connectivity index (χ0n) is 42.8. The van der Waals surface area contributed by atoms with Gasteiger partial charge in [-0.3, -0.25) is 24.0 Å². The predicted octanol–water partition coefficient (Wildman–Crippen LogP) is 10.9. The minimum Gasteiger partial charge on any atom is -0.494 e. The number of carboxylic acid groups (broad SMARTS) is 1. The number of aliphatic imine (C=N–C) groups is 1. The normalized spacial score (nSPS) is 14.7. The summed E-state index contributed by atoms with van der Waals surface area (Å²) in [6, 6.07) is 57.6. The Morgan fingerprint density at radius 3 is 1.38 bits per heavy atom. The number of aromatic amines is 1. The number of aromatic nitrogens is 1. The third-order valence-electron chi connectivity index (χ3n) is 11.2. The van der Waals surface area contributed by atoms with E-state index in [0.29, 0.717) is 46.1 Å². The molecule has 4 aliphatic heterocycles. The third-order valence-corrected chi connectivity index (χ3v) is 11.2. The lowest BCUT2D eigenvalue weighted by Crippen LogP contribution is -2.05. The quantitative estimate of drug-likeness (QED) is 0.0400. The lowest BCUT2D eigenvalue weighted by Gasteiger charge is -2.00. The van der Waals surface area contributed by atoms with E-state index in [0.717, 1.165) is 45.7 Å². The van der Waals surface area contributed by atoms with Crippen LogP contribution in [0.1, 0.15) is 58.4 Å². The Morgan fingerprint density at radius 2 is 0.963 bits per heavy atom. The standard InChI is InChI=1S/C20H14N2O2.C20H12O4.C10H8O3.C10H8O2.C4H6O3/c23-19-15(11-17(21-19)13-7-3-1-4-8-13)16-12-18(22-20(16)24)14-9-5-2-6-10-14;21-19-15(11-17(23-19)13-7-3-1-4-8-13)16-12-18(24-20(16)22)14-9-5-2-6-10-14;11-9(6-7-10(12)13)8-4-2-1-3-5-8;11-10-7-6-9(12-10)8-4-2-1-3-5-8;1-3(5)7-4(2)6/h1-12,21,23H;1-12H;1-7H,(H,12,13);1-6H,7H2;1-2H3/b;16-15+;7-6+;;. The summed E-state index contributed by atoms with van der Waals surface area (Å²) >= 11 is 0. The highest BCUT2D eigenvalue weighted by Crippen LogP contribution is 2.35. The van der Waals surface area contributed by atoms with Gasteiger partial charge in [0.1, 0.15) is 17.3 Å². The van der Waals surface area contributed by atoms with Gasteiger partial charge in [-0.2, -0.15) is 0 Å². The molecule has 11 rings (SSSR count). The van der Waals surface area contributed by atoms with E-state index in [1.165, 1.54) is 13.8 Å². The molecule has 1 amide bonds. The summed E-state index contributed by atoms with van der Waals surface area (Å²) in [5.74, 6) is -2.66. The molecule has 0 saturated heterocycles. The van der Waals surface area contributed by atoms with Crippen molar-refractivity contribution in [3.8, 4) is 17.1 Å². The zero-order chi connectivity index (χ0) is 57.0. The molecule has 1 aromatic heterocycles. The molecule has 6 aromatic carbocycles. The van der Waals surface area contributed by atoms with Gasteiger partial charge in [0.05, 0.1) is 28.9 Å². The molecule has 4 aliphatic rings. The maximum Gasteiger partial charge on any atom is 0.344 e. The van der Waals surface area contributed by atoms with E-state index in [2.05, 4.69) is 14.7 Å². The van der Waals surface area contributed by atoms with Crippen molar-refractivity contribution in [1.82, 2.24) is 4.98 Å². The first-order chi connectivity index (χ1) is 38.6. The number of hydrogen-bond donors (Lipinski definition) is 3. The van der Waals surface area contributed by atoms with Crippen molar-refractivity contribution in [2.45, 2.75) is 20.3 Å². The van der Waals surface area contributed by atoms with E-state index < -0.39 is 29.8 Å². The number of nitrogens with one attached hydrogen (secondary N) is 1. The summed E-state index contributed by atoms with van der Waals surface area (Å²) in [7, 11) is 0. The maximum atomic E-state index is 12.3. The molecule has 0 spiro atoms. The number of hydrogen-bond acceptors (Lipinski definition) is 13. The van der Waals surface area contributed by atoms with Gasteiger partial charge in [0.25, 0.3) is 5.91 Å². The van der Waals surface area contributed by atoms with Crippen LogP contribution in [0.15, 0.2) is 241 Å². The number of ketones is 1. The van der Waals surface area contributed by atoms with Crippen molar-refractivity contribution in [3.05, 3.63) is 269 Å². The molecule has 0 atom stereocenters. The second-order valence-corrected chi connectivity index (χ2v) is 17.0. The van der Waals surface area contributed by atoms with Crippen LogP contribution < -0.4 is 0 Å². The van der Waals surface area contributed by atoms with E-state index in [-0.39, 0.29) is 34.7 Å². The number of amides is 1. The highest BCUT2D eigenvalue weighted by atomic mass is 16.6. The van der Waals surface area contributed by atoms with E-state index in [1.807, 2.05) is 152 Å². The smallest absolute Gasteiger partial charge is 0.344 e. The van der Waals surface area contributed by atoms with Crippen LogP contribution in [0.25, 0.3) is 34.1 Å². The Hall–Kier alpha value is -11.1. The van der Waals surface area contributed by atoms with E-state index in [4.69, 9.17) is 19.3 Å². The molecule has 5 heterocycles. The Kier molecular flexibility index (Phi) is 19.5. The molecule has 3 N–H and O–H groups in total. The number of aromatic hydroxyl groups is 1. The summed E-state index contributed by atoms with van der Waals surface area (Å²) in [5, 5.41) is 18.5. The number of H-pyrrole nitrogens is 1. The molecule has 16 heteroatoms. The average Bonchev–Trinajstić information content (AvgIpc) is 4.36. The fourth-order valence-electron chi connectivity index (χ4n) is 7.59. The van der Waals surface area contributed by atoms with Gasteiger partial charge in [-0.25, -0.2) is 19.4 Å². The van der Waals surface area contributed by atoms with Crippen molar-refractivity contribution in [3.63, 3.8) is 0 Å². The first kappa shape index (κ1) is 56.6.